The number of nitrogens with zero attached hydrogens (tertiary/aromatic N) is 4. The van der Waals surface area contributed by atoms with Gasteiger partial charge in [0.05, 0.1) is 24.6 Å². The zero-order chi connectivity index (χ0) is 23.3. The van der Waals surface area contributed by atoms with Gasteiger partial charge in [0.25, 0.3) is 5.91 Å². The van der Waals surface area contributed by atoms with E-state index < -0.39 is 17.6 Å². The largest absolute Gasteiger partial charge is 0.472 e. The number of pyridine rings is 1. The number of cyclic esters (lactones) is 1. The third kappa shape index (κ3) is 3.85. The third-order valence-corrected chi connectivity index (χ3v) is 6.77. The van der Waals surface area contributed by atoms with Crippen molar-refractivity contribution < 1.29 is 31.9 Å². The quantitative estimate of drug-likeness (QED) is 0.504. The van der Waals surface area contributed by atoms with Crippen molar-refractivity contribution in [3.05, 3.63) is 46.7 Å². The molecule has 33 heavy (non-hydrogen) atoms. The SMILES string of the molecule is O=C(c1nc2c(C(F)(F)F)cc(-c3ccoc3)cn2c1Br)N1CCC(N2CCOC2=O)CC1. The molecule has 2 saturated heterocycles. The molecule has 5 heterocycles. The average molecular weight is 527 g/mol. The van der Waals surface area contributed by atoms with E-state index in [9.17, 15) is 22.8 Å². The second-order valence-electron chi connectivity index (χ2n) is 7.93. The van der Waals surface area contributed by atoms with Crippen LogP contribution >= 0.6 is 15.9 Å². The van der Waals surface area contributed by atoms with E-state index in [-0.39, 0.29) is 33.6 Å². The van der Waals surface area contributed by atoms with Crippen molar-refractivity contribution in [2.45, 2.75) is 25.1 Å². The highest BCUT2D eigenvalue weighted by Crippen LogP contribution is 2.37. The lowest BCUT2D eigenvalue weighted by Crippen LogP contribution is -2.47. The van der Waals surface area contributed by atoms with Crippen molar-refractivity contribution in [3.8, 4) is 11.1 Å². The Balaban J connectivity index is 1.46. The number of alkyl halides is 3. The van der Waals surface area contributed by atoms with Crippen LogP contribution < -0.4 is 0 Å². The number of carbonyl (C=O) groups is 2. The molecule has 8 nitrogen and oxygen atoms in total. The summed E-state index contributed by atoms with van der Waals surface area (Å²) in [5.74, 6) is -0.467. The van der Waals surface area contributed by atoms with Gasteiger partial charge in [-0.05, 0) is 40.9 Å². The van der Waals surface area contributed by atoms with Crippen molar-refractivity contribution >= 4 is 33.6 Å². The summed E-state index contributed by atoms with van der Waals surface area (Å²) < 4.78 is 52.8. The Morgan fingerprint density at radius 3 is 2.55 bits per heavy atom. The molecule has 2 fully saturated rings. The number of amides is 2. The van der Waals surface area contributed by atoms with Crippen LogP contribution in [0.1, 0.15) is 28.9 Å². The molecule has 0 atom stereocenters. The van der Waals surface area contributed by atoms with Crippen molar-refractivity contribution in [2.24, 2.45) is 0 Å². The minimum atomic E-state index is -4.67. The number of fused-ring (bicyclic) bond motifs is 1. The van der Waals surface area contributed by atoms with E-state index in [0.717, 1.165) is 6.07 Å². The second kappa shape index (κ2) is 8.08. The maximum Gasteiger partial charge on any atom is 0.420 e. The molecule has 0 bridgehead atoms. The summed E-state index contributed by atoms with van der Waals surface area (Å²) >= 11 is 3.28. The Kier molecular flexibility index (Phi) is 5.34. The topological polar surface area (TPSA) is 80.3 Å². The van der Waals surface area contributed by atoms with E-state index in [1.165, 1.54) is 23.1 Å². The number of piperidine rings is 1. The van der Waals surface area contributed by atoms with Gasteiger partial charge in [0, 0.05) is 36.5 Å². The number of carbonyl (C=O) groups excluding carboxylic acids is 2. The molecule has 0 radical (unpaired) electrons. The number of hydrogen-bond donors (Lipinski definition) is 0. The summed E-state index contributed by atoms with van der Waals surface area (Å²) in [7, 11) is 0. The molecule has 2 amide bonds. The molecular weight excluding hydrogens is 509 g/mol. The highest BCUT2D eigenvalue weighted by atomic mass is 79.9. The molecule has 12 heteroatoms. The van der Waals surface area contributed by atoms with Crippen LogP contribution in [-0.4, -0.2) is 63.5 Å². The molecule has 0 unspecified atom stereocenters. The van der Waals surface area contributed by atoms with Crippen LogP contribution in [0.3, 0.4) is 0 Å². The van der Waals surface area contributed by atoms with Gasteiger partial charge in [0.15, 0.2) is 11.3 Å². The van der Waals surface area contributed by atoms with Crippen LogP contribution in [0.4, 0.5) is 18.0 Å². The number of halogens is 4. The fourth-order valence-electron chi connectivity index (χ4n) is 4.32. The van der Waals surface area contributed by atoms with Gasteiger partial charge in [-0.25, -0.2) is 9.78 Å². The number of aromatic nitrogens is 2. The molecule has 3 aromatic heterocycles. The Morgan fingerprint density at radius 2 is 1.94 bits per heavy atom. The summed E-state index contributed by atoms with van der Waals surface area (Å²) in [4.78, 5) is 32.3. The highest BCUT2D eigenvalue weighted by Gasteiger charge is 2.38. The summed E-state index contributed by atoms with van der Waals surface area (Å²) in [5, 5.41) is 0. The van der Waals surface area contributed by atoms with E-state index in [4.69, 9.17) is 9.15 Å². The first-order valence-corrected chi connectivity index (χ1v) is 11.1. The predicted octanol–water partition coefficient (Wildman–Crippen LogP) is 4.43. The lowest BCUT2D eigenvalue weighted by molar-refractivity contribution is -0.136. The Morgan fingerprint density at radius 1 is 1.18 bits per heavy atom. The zero-order valence-electron chi connectivity index (χ0n) is 17.1. The van der Waals surface area contributed by atoms with Gasteiger partial charge in [-0.2, -0.15) is 13.2 Å². The maximum absolute atomic E-state index is 13.8. The fraction of sp³-hybridized carbons (Fsp3) is 0.381. The first-order chi connectivity index (χ1) is 15.7. The Hall–Kier alpha value is -3.02. The smallest absolute Gasteiger partial charge is 0.420 e. The Bertz CT molecular complexity index is 1220. The molecule has 2 aliphatic rings. The van der Waals surface area contributed by atoms with E-state index in [1.54, 1.807) is 15.9 Å². The van der Waals surface area contributed by atoms with Crippen LogP contribution in [-0.2, 0) is 10.9 Å². The van der Waals surface area contributed by atoms with Crippen molar-refractivity contribution in [1.29, 1.82) is 0 Å². The molecule has 0 N–H and O–H groups in total. The number of rotatable bonds is 3. The summed E-state index contributed by atoms with van der Waals surface area (Å²) in [6.07, 6.45) is 0.294. The molecule has 174 valence electrons. The average Bonchev–Trinajstić information content (AvgIpc) is 3.53. The van der Waals surface area contributed by atoms with Gasteiger partial charge in [-0.15, -0.1) is 0 Å². The summed E-state index contributed by atoms with van der Waals surface area (Å²) in [6.45, 7) is 1.60. The normalized spacial score (nSPS) is 17.8. The Labute approximate surface area is 194 Å². The molecule has 3 aromatic rings. The maximum atomic E-state index is 13.8. The minimum absolute atomic E-state index is 0.0251. The van der Waals surface area contributed by atoms with Crippen LogP contribution in [0, 0.1) is 0 Å². The molecule has 0 spiro atoms. The van der Waals surface area contributed by atoms with E-state index in [0.29, 0.717) is 44.6 Å². The van der Waals surface area contributed by atoms with Gasteiger partial charge in [-0.3, -0.25) is 9.20 Å². The lowest BCUT2D eigenvalue weighted by atomic mass is 10.0. The molecule has 0 aliphatic carbocycles. The molecular formula is C21H18BrF3N4O4. The van der Waals surface area contributed by atoms with Crippen LogP contribution in [0.25, 0.3) is 16.8 Å². The number of ether oxygens (including phenoxy) is 1. The van der Waals surface area contributed by atoms with E-state index >= 15 is 0 Å². The summed E-state index contributed by atoms with van der Waals surface area (Å²) in [5.41, 5.74) is -0.659. The van der Waals surface area contributed by atoms with Gasteiger partial charge >= 0.3 is 12.3 Å². The molecule has 5 rings (SSSR count). The molecule has 2 aliphatic heterocycles. The minimum Gasteiger partial charge on any atom is -0.472 e. The van der Waals surface area contributed by atoms with Crippen LogP contribution in [0.15, 0.2) is 39.9 Å². The van der Waals surface area contributed by atoms with E-state index in [2.05, 4.69) is 20.9 Å². The van der Waals surface area contributed by atoms with Crippen molar-refractivity contribution in [1.82, 2.24) is 19.2 Å². The number of likely N-dealkylation sites (tertiary alicyclic amines) is 1. The van der Waals surface area contributed by atoms with Gasteiger partial charge in [0.2, 0.25) is 0 Å². The number of imidazole rings is 1. The van der Waals surface area contributed by atoms with Crippen LogP contribution in [0.5, 0.6) is 0 Å². The van der Waals surface area contributed by atoms with Crippen LogP contribution in [0.2, 0.25) is 0 Å². The standard InChI is InChI=1S/C21H18BrF3N4O4/c22-17-16(19(30)27-4-1-14(2-5-27)28-6-8-33-20(28)31)26-18-15(21(23,24)25)9-13(10-29(17)18)12-3-7-32-11-12/h3,7,9-11,14H,1-2,4-6,8H2. The predicted molar refractivity (Wildman–Crippen MR) is 113 cm³/mol. The van der Waals surface area contributed by atoms with Gasteiger partial charge in [-0.1, -0.05) is 0 Å². The third-order valence-electron chi connectivity index (χ3n) is 6.01. The lowest BCUT2D eigenvalue weighted by Gasteiger charge is -2.35. The summed E-state index contributed by atoms with van der Waals surface area (Å²) in [6, 6.07) is 2.52. The highest BCUT2D eigenvalue weighted by molar-refractivity contribution is 9.10. The first-order valence-electron chi connectivity index (χ1n) is 10.3. The second-order valence-corrected chi connectivity index (χ2v) is 8.68. The van der Waals surface area contributed by atoms with E-state index in [1.807, 2.05) is 0 Å². The monoisotopic (exact) mass is 526 g/mol. The molecule has 0 aromatic carbocycles. The fourth-order valence-corrected chi connectivity index (χ4v) is 4.84. The first kappa shape index (κ1) is 21.8. The van der Waals surface area contributed by atoms with Crippen molar-refractivity contribution in [3.63, 3.8) is 0 Å². The zero-order valence-corrected chi connectivity index (χ0v) is 18.7. The number of furan rings is 1. The number of hydrogen-bond acceptors (Lipinski definition) is 5. The van der Waals surface area contributed by atoms with Crippen molar-refractivity contribution in [2.75, 3.05) is 26.2 Å². The van der Waals surface area contributed by atoms with Gasteiger partial charge < -0.3 is 19.0 Å². The molecule has 0 saturated carbocycles. The van der Waals surface area contributed by atoms with Gasteiger partial charge in [0.1, 0.15) is 11.2 Å².